The molecule has 2 aromatic rings. The van der Waals surface area contributed by atoms with Crippen LogP contribution < -0.4 is 10.1 Å². The fourth-order valence-electron chi connectivity index (χ4n) is 3.41. The first-order valence-electron chi connectivity index (χ1n) is 9.37. The fraction of sp³-hybridized carbons (Fsp3) is 0.391. The molecule has 0 fully saturated rings. The Labute approximate surface area is 167 Å². The van der Waals surface area contributed by atoms with Crippen LogP contribution in [0, 0.1) is 41.5 Å². The van der Waals surface area contributed by atoms with E-state index in [1.54, 1.807) is 6.92 Å². The summed E-state index contributed by atoms with van der Waals surface area (Å²) in [6, 6.07) is 7.99. The Hall–Kier alpha value is -2.82. The van der Waals surface area contributed by atoms with E-state index in [2.05, 4.69) is 5.32 Å². The summed E-state index contributed by atoms with van der Waals surface area (Å²) in [7, 11) is 0. The molecule has 0 saturated carbocycles. The van der Waals surface area contributed by atoms with Crippen LogP contribution in [0.4, 0.5) is 5.69 Å². The Morgan fingerprint density at radius 3 is 1.82 bits per heavy atom. The molecule has 0 spiro atoms. The number of aryl methyl sites for hydroxylation is 6. The lowest BCUT2D eigenvalue weighted by molar-refractivity contribution is -0.155. The Bertz CT molecular complexity index is 855. The second-order valence-electron chi connectivity index (χ2n) is 7.41. The number of hydrogen-bond acceptors (Lipinski definition) is 4. The fourth-order valence-corrected chi connectivity index (χ4v) is 3.41. The number of esters is 1. The molecule has 0 aromatic heterocycles. The zero-order valence-electron chi connectivity index (χ0n) is 17.7. The summed E-state index contributed by atoms with van der Waals surface area (Å²) >= 11 is 0. The molecule has 0 bridgehead atoms. The van der Waals surface area contributed by atoms with Gasteiger partial charge in [0.05, 0.1) is 0 Å². The molecule has 2 aromatic carbocycles. The van der Waals surface area contributed by atoms with Crippen molar-refractivity contribution in [1.29, 1.82) is 0 Å². The van der Waals surface area contributed by atoms with E-state index in [0.29, 0.717) is 5.75 Å². The third-order valence-corrected chi connectivity index (χ3v) is 4.54. The number of hydrogen-bond donors (Lipinski definition) is 1. The molecule has 0 saturated heterocycles. The summed E-state index contributed by atoms with van der Waals surface area (Å²) in [5.41, 5.74) is 6.88. The average Bonchev–Trinajstić information content (AvgIpc) is 2.56. The minimum absolute atomic E-state index is 0.245. The van der Waals surface area contributed by atoms with Gasteiger partial charge in [0.25, 0.3) is 5.91 Å². The second kappa shape index (κ2) is 8.91. The van der Waals surface area contributed by atoms with Gasteiger partial charge in [-0.2, -0.15) is 0 Å². The summed E-state index contributed by atoms with van der Waals surface area (Å²) in [5, 5.41) is 2.85. The lowest BCUT2D eigenvalue weighted by Crippen LogP contribution is -2.32. The highest BCUT2D eigenvalue weighted by Crippen LogP contribution is 2.25. The number of anilines is 1. The van der Waals surface area contributed by atoms with Gasteiger partial charge in [0.2, 0.25) is 0 Å². The number of carbonyl (C=O) groups is 2. The van der Waals surface area contributed by atoms with E-state index in [9.17, 15) is 9.59 Å². The molecule has 2 rings (SSSR count). The highest BCUT2D eigenvalue weighted by Gasteiger charge is 2.20. The van der Waals surface area contributed by atoms with Crippen molar-refractivity contribution in [2.24, 2.45) is 0 Å². The van der Waals surface area contributed by atoms with Crippen molar-refractivity contribution in [3.63, 3.8) is 0 Å². The van der Waals surface area contributed by atoms with Gasteiger partial charge in [-0.05, 0) is 70.7 Å². The Balaban J connectivity index is 1.94. The molecule has 0 unspecified atom stereocenters. The Kier molecular flexibility index (Phi) is 6.84. The average molecular weight is 383 g/mol. The van der Waals surface area contributed by atoms with Crippen molar-refractivity contribution in [3.05, 3.63) is 57.6 Å². The molecule has 150 valence electrons. The summed E-state index contributed by atoms with van der Waals surface area (Å²) in [6.45, 7) is 13.1. The number of benzene rings is 2. The first kappa shape index (κ1) is 21.5. The molecule has 1 atom stereocenters. The van der Waals surface area contributed by atoms with E-state index in [-0.39, 0.29) is 12.5 Å². The largest absolute Gasteiger partial charge is 0.481 e. The molecule has 1 amide bonds. The molecule has 28 heavy (non-hydrogen) atoms. The highest BCUT2D eigenvalue weighted by atomic mass is 16.6. The zero-order valence-corrected chi connectivity index (χ0v) is 17.7. The molecule has 0 radical (unpaired) electrons. The van der Waals surface area contributed by atoms with Gasteiger partial charge in [-0.15, -0.1) is 0 Å². The van der Waals surface area contributed by atoms with Gasteiger partial charge in [-0.1, -0.05) is 35.4 Å². The molecule has 0 aliphatic carbocycles. The van der Waals surface area contributed by atoms with Crippen LogP contribution in [0.5, 0.6) is 5.75 Å². The molecule has 0 aliphatic heterocycles. The molecular weight excluding hydrogens is 354 g/mol. The van der Waals surface area contributed by atoms with Crippen LogP contribution >= 0.6 is 0 Å². The van der Waals surface area contributed by atoms with Crippen LogP contribution in [0.3, 0.4) is 0 Å². The molecule has 0 heterocycles. The quantitative estimate of drug-likeness (QED) is 0.747. The summed E-state index contributed by atoms with van der Waals surface area (Å²) in [6.07, 6.45) is -0.920. The van der Waals surface area contributed by atoms with E-state index in [4.69, 9.17) is 9.47 Å². The minimum Gasteiger partial charge on any atom is -0.481 e. The number of rotatable bonds is 6. The Morgan fingerprint density at radius 1 is 0.857 bits per heavy atom. The monoisotopic (exact) mass is 383 g/mol. The molecule has 1 N–H and O–H groups in total. The molecule has 0 aliphatic rings. The van der Waals surface area contributed by atoms with Crippen LogP contribution in [0.2, 0.25) is 0 Å². The maximum absolute atomic E-state index is 12.4. The number of amides is 1. The lowest BCUT2D eigenvalue weighted by atomic mass is 10.0. The molecular formula is C23H29NO4. The first-order valence-corrected chi connectivity index (χ1v) is 9.37. The SMILES string of the molecule is Cc1cc(C)c(NC(=O)[C@@H](C)OC(=O)COc2c(C)cc(C)cc2C)c(C)c1. The van der Waals surface area contributed by atoms with E-state index < -0.39 is 12.1 Å². The zero-order chi connectivity index (χ0) is 21.0. The summed E-state index contributed by atoms with van der Waals surface area (Å²) in [5.74, 6) is -0.281. The first-order chi connectivity index (χ1) is 13.1. The van der Waals surface area contributed by atoms with E-state index >= 15 is 0 Å². The third-order valence-electron chi connectivity index (χ3n) is 4.54. The topological polar surface area (TPSA) is 64.6 Å². The molecule has 5 heteroatoms. The van der Waals surface area contributed by atoms with E-state index in [0.717, 1.165) is 39.1 Å². The lowest BCUT2D eigenvalue weighted by Gasteiger charge is -2.17. The minimum atomic E-state index is -0.920. The predicted octanol–water partition coefficient (Wildman–Crippen LogP) is 4.49. The van der Waals surface area contributed by atoms with Crippen molar-refractivity contribution >= 4 is 17.6 Å². The number of ether oxygens (including phenoxy) is 2. The normalized spacial score (nSPS) is 11.7. The van der Waals surface area contributed by atoms with Gasteiger partial charge in [0.1, 0.15) is 5.75 Å². The maximum Gasteiger partial charge on any atom is 0.344 e. The maximum atomic E-state index is 12.4. The van der Waals surface area contributed by atoms with Gasteiger partial charge in [0, 0.05) is 5.69 Å². The van der Waals surface area contributed by atoms with Crippen LogP contribution in [0.1, 0.15) is 40.3 Å². The van der Waals surface area contributed by atoms with Gasteiger partial charge in [-0.25, -0.2) is 4.79 Å². The Morgan fingerprint density at radius 2 is 1.32 bits per heavy atom. The number of carbonyl (C=O) groups excluding carboxylic acids is 2. The van der Waals surface area contributed by atoms with Gasteiger partial charge >= 0.3 is 5.97 Å². The highest BCUT2D eigenvalue weighted by molar-refractivity contribution is 5.96. The van der Waals surface area contributed by atoms with Crippen molar-refractivity contribution in [1.82, 2.24) is 0 Å². The van der Waals surface area contributed by atoms with E-state index in [1.165, 1.54) is 0 Å². The van der Waals surface area contributed by atoms with Crippen molar-refractivity contribution < 1.29 is 19.1 Å². The second-order valence-corrected chi connectivity index (χ2v) is 7.41. The smallest absolute Gasteiger partial charge is 0.344 e. The van der Waals surface area contributed by atoms with Crippen LogP contribution in [0.25, 0.3) is 0 Å². The van der Waals surface area contributed by atoms with Crippen LogP contribution in [0.15, 0.2) is 24.3 Å². The van der Waals surface area contributed by atoms with Crippen molar-refractivity contribution in [3.8, 4) is 5.75 Å². The van der Waals surface area contributed by atoms with Crippen molar-refractivity contribution in [2.75, 3.05) is 11.9 Å². The molecule has 5 nitrogen and oxygen atoms in total. The third kappa shape index (κ3) is 5.35. The van der Waals surface area contributed by atoms with Crippen LogP contribution in [-0.4, -0.2) is 24.6 Å². The number of nitrogens with one attached hydrogen (secondary N) is 1. The predicted molar refractivity (Wildman–Crippen MR) is 111 cm³/mol. The van der Waals surface area contributed by atoms with Gasteiger partial charge in [0.15, 0.2) is 12.7 Å². The van der Waals surface area contributed by atoms with Crippen LogP contribution in [-0.2, 0) is 14.3 Å². The summed E-state index contributed by atoms with van der Waals surface area (Å²) < 4.78 is 10.9. The van der Waals surface area contributed by atoms with Crippen molar-refractivity contribution in [2.45, 2.75) is 54.6 Å². The van der Waals surface area contributed by atoms with Gasteiger partial charge < -0.3 is 14.8 Å². The van der Waals surface area contributed by atoms with E-state index in [1.807, 2.05) is 65.8 Å². The standard InChI is InChI=1S/C23H29NO4/c1-13-8-15(3)21(16(4)9-13)24-23(26)19(7)28-20(25)12-27-22-17(5)10-14(2)11-18(22)6/h8-11,19H,12H2,1-7H3,(H,24,26)/t19-/m1/s1. The van der Waals surface area contributed by atoms with Gasteiger partial charge in [-0.3, -0.25) is 4.79 Å². The summed E-state index contributed by atoms with van der Waals surface area (Å²) in [4.78, 5) is 24.6.